The summed E-state index contributed by atoms with van der Waals surface area (Å²) in [5.74, 6) is 0.875. The zero-order valence-electron chi connectivity index (χ0n) is 20.2. The summed E-state index contributed by atoms with van der Waals surface area (Å²) in [6.45, 7) is 11.9. The van der Waals surface area contributed by atoms with E-state index in [2.05, 4.69) is 67.0 Å². The summed E-state index contributed by atoms with van der Waals surface area (Å²) < 4.78 is 0. The first-order chi connectivity index (χ1) is 15.9. The van der Waals surface area contributed by atoms with Crippen molar-refractivity contribution in [2.75, 3.05) is 19.6 Å². The van der Waals surface area contributed by atoms with Gasteiger partial charge in [-0.2, -0.15) is 0 Å². The van der Waals surface area contributed by atoms with Gasteiger partial charge in [0.05, 0.1) is 5.69 Å². The lowest BCUT2D eigenvalue weighted by molar-refractivity contribution is 0.0668. The molecule has 3 aromatic rings. The molecule has 33 heavy (non-hydrogen) atoms. The molecule has 2 heterocycles. The van der Waals surface area contributed by atoms with E-state index in [-0.39, 0.29) is 11.9 Å². The highest BCUT2D eigenvalue weighted by molar-refractivity contribution is 5.94. The second kappa shape index (κ2) is 10.3. The molecule has 2 unspecified atom stereocenters. The van der Waals surface area contributed by atoms with Gasteiger partial charge in [-0.15, -0.1) is 0 Å². The molecule has 0 saturated carbocycles. The maximum absolute atomic E-state index is 13.4. The number of likely N-dealkylation sites (tertiary alicyclic amines) is 1. The molecule has 0 spiro atoms. The second-order valence-electron chi connectivity index (χ2n) is 9.66. The standard InChI is InChI=1S/C29H35N3O/c1-21(2)32(29(33)25-10-6-5-7-11-25)18-26-17-31(19-27-12-8-9-23(4)30-27)20-28(26)24-15-13-22(3)14-16-24/h5-16,21,26,28H,17-20H2,1-4H3. The molecule has 0 radical (unpaired) electrons. The minimum Gasteiger partial charge on any atom is -0.336 e. The predicted molar refractivity (Wildman–Crippen MR) is 134 cm³/mol. The van der Waals surface area contributed by atoms with Crippen molar-refractivity contribution in [3.63, 3.8) is 0 Å². The van der Waals surface area contributed by atoms with Gasteiger partial charge in [0.15, 0.2) is 0 Å². The smallest absolute Gasteiger partial charge is 0.254 e. The Hall–Kier alpha value is -2.98. The number of carbonyl (C=O) groups is 1. The Bertz CT molecular complexity index is 1060. The Morgan fingerprint density at radius 1 is 0.970 bits per heavy atom. The van der Waals surface area contributed by atoms with Crippen LogP contribution < -0.4 is 0 Å². The van der Waals surface area contributed by atoms with Crippen molar-refractivity contribution in [1.82, 2.24) is 14.8 Å². The van der Waals surface area contributed by atoms with Crippen LogP contribution in [0.2, 0.25) is 0 Å². The number of aromatic nitrogens is 1. The summed E-state index contributed by atoms with van der Waals surface area (Å²) in [6, 6.07) is 25.0. The quantitative estimate of drug-likeness (QED) is 0.488. The predicted octanol–water partition coefficient (Wildman–Crippen LogP) is 5.46. The third-order valence-electron chi connectivity index (χ3n) is 6.69. The van der Waals surface area contributed by atoms with E-state index in [9.17, 15) is 4.79 Å². The maximum Gasteiger partial charge on any atom is 0.254 e. The van der Waals surface area contributed by atoms with Crippen LogP contribution >= 0.6 is 0 Å². The summed E-state index contributed by atoms with van der Waals surface area (Å²) in [6.07, 6.45) is 0. The van der Waals surface area contributed by atoms with Crippen molar-refractivity contribution in [2.45, 2.75) is 46.2 Å². The fourth-order valence-electron chi connectivity index (χ4n) is 4.91. The Morgan fingerprint density at radius 2 is 1.70 bits per heavy atom. The largest absolute Gasteiger partial charge is 0.336 e. The summed E-state index contributed by atoms with van der Waals surface area (Å²) >= 11 is 0. The summed E-state index contributed by atoms with van der Waals surface area (Å²) in [7, 11) is 0. The summed E-state index contributed by atoms with van der Waals surface area (Å²) in [5.41, 5.74) is 5.56. The van der Waals surface area contributed by atoms with Gasteiger partial charge in [0, 0.05) is 49.4 Å². The van der Waals surface area contributed by atoms with Crippen LogP contribution in [0.4, 0.5) is 0 Å². The van der Waals surface area contributed by atoms with E-state index in [0.717, 1.165) is 43.1 Å². The Kier molecular flexibility index (Phi) is 7.24. The van der Waals surface area contributed by atoms with E-state index in [1.165, 1.54) is 11.1 Å². The van der Waals surface area contributed by atoms with Crippen LogP contribution in [-0.4, -0.2) is 46.4 Å². The molecular formula is C29H35N3O. The minimum atomic E-state index is 0.118. The number of hydrogen-bond acceptors (Lipinski definition) is 3. The Morgan fingerprint density at radius 3 is 2.36 bits per heavy atom. The average molecular weight is 442 g/mol. The lowest BCUT2D eigenvalue weighted by Crippen LogP contribution is -2.42. The number of amides is 1. The van der Waals surface area contributed by atoms with Crippen molar-refractivity contribution < 1.29 is 4.79 Å². The van der Waals surface area contributed by atoms with Gasteiger partial charge < -0.3 is 4.90 Å². The highest BCUT2D eigenvalue weighted by Gasteiger charge is 2.36. The SMILES string of the molecule is Cc1ccc(C2CN(Cc3cccc(C)n3)CC2CN(C(=O)c2ccccc2)C(C)C)cc1. The van der Waals surface area contributed by atoms with Crippen LogP contribution in [0.5, 0.6) is 0 Å². The topological polar surface area (TPSA) is 36.4 Å². The van der Waals surface area contributed by atoms with Crippen LogP contribution in [-0.2, 0) is 6.54 Å². The maximum atomic E-state index is 13.4. The number of hydrogen-bond donors (Lipinski definition) is 0. The molecule has 1 aliphatic rings. The molecule has 1 saturated heterocycles. The number of pyridine rings is 1. The highest BCUT2D eigenvalue weighted by Crippen LogP contribution is 2.35. The van der Waals surface area contributed by atoms with Gasteiger partial charge in [0.2, 0.25) is 0 Å². The number of benzene rings is 2. The van der Waals surface area contributed by atoms with Crippen LogP contribution in [0.3, 0.4) is 0 Å². The number of aryl methyl sites for hydroxylation is 2. The van der Waals surface area contributed by atoms with E-state index in [0.29, 0.717) is 11.8 Å². The lowest BCUT2D eigenvalue weighted by atomic mass is 9.88. The van der Waals surface area contributed by atoms with Gasteiger partial charge in [-0.3, -0.25) is 14.7 Å². The van der Waals surface area contributed by atoms with E-state index < -0.39 is 0 Å². The van der Waals surface area contributed by atoms with Crippen LogP contribution in [0.25, 0.3) is 0 Å². The molecule has 0 aliphatic carbocycles. The van der Waals surface area contributed by atoms with Crippen molar-refractivity contribution in [3.8, 4) is 0 Å². The van der Waals surface area contributed by atoms with E-state index in [1.807, 2.05) is 43.3 Å². The molecule has 1 aromatic heterocycles. The normalized spacial score (nSPS) is 18.6. The van der Waals surface area contributed by atoms with Gasteiger partial charge >= 0.3 is 0 Å². The van der Waals surface area contributed by atoms with Crippen molar-refractivity contribution >= 4 is 5.91 Å². The second-order valence-corrected chi connectivity index (χ2v) is 9.66. The molecule has 2 aromatic carbocycles. The van der Waals surface area contributed by atoms with Crippen molar-refractivity contribution in [2.24, 2.45) is 5.92 Å². The molecule has 0 N–H and O–H groups in total. The molecule has 4 rings (SSSR count). The van der Waals surface area contributed by atoms with Gasteiger partial charge in [-0.05, 0) is 63.4 Å². The van der Waals surface area contributed by atoms with Gasteiger partial charge in [-0.25, -0.2) is 0 Å². The van der Waals surface area contributed by atoms with Crippen LogP contribution in [0.1, 0.15) is 52.6 Å². The fraction of sp³-hybridized carbons (Fsp3) is 0.379. The Labute approximate surface area is 198 Å². The van der Waals surface area contributed by atoms with Crippen LogP contribution in [0.15, 0.2) is 72.8 Å². The molecule has 172 valence electrons. The Balaban J connectivity index is 1.57. The first kappa shape index (κ1) is 23.2. The fourth-order valence-corrected chi connectivity index (χ4v) is 4.91. The monoisotopic (exact) mass is 441 g/mol. The van der Waals surface area contributed by atoms with E-state index in [1.54, 1.807) is 0 Å². The molecular weight excluding hydrogens is 406 g/mol. The summed E-state index contributed by atoms with van der Waals surface area (Å²) in [4.78, 5) is 22.6. The molecule has 1 amide bonds. The molecule has 4 heteroatoms. The number of nitrogens with zero attached hydrogens (tertiary/aromatic N) is 3. The third-order valence-corrected chi connectivity index (χ3v) is 6.69. The van der Waals surface area contributed by atoms with Crippen LogP contribution in [0, 0.1) is 19.8 Å². The molecule has 4 nitrogen and oxygen atoms in total. The molecule has 1 fully saturated rings. The minimum absolute atomic E-state index is 0.118. The lowest BCUT2D eigenvalue weighted by Gasteiger charge is -2.32. The number of rotatable bonds is 7. The average Bonchev–Trinajstić information content (AvgIpc) is 3.20. The molecule has 0 bridgehead atoms. The summed E-state index contributed by atoms with van der Waals surface area (Å²) in [5, 5.41) is 0. The van der Waals surface area contributed by atoms with E-state index >= 15 is 0 Å². The first-order valence-electron chi connectivity index (χ1n) is 12.0. The van der Waals surface area contributed by atoms with Gasteiger partial charge in [0.25, 0.3) is 5.91 Å². The third kappa shape index (κ3) is 5.69. The van der Waals surface area contributed by atoms with Crippen molar-refractivity contribution in [3.05, 3.63) is 101 Å². The number of carbonyl (C=O) groups excluding carboxylic acids is 1. The molecule has 2 atom stereocenters. The highest BCUT2D eigenvalue weighted by atomic mass is 16.2. The van der Waals surface area contributed by atoms with Gasteiger partial charge in [-0.1, -0.05) is 54.1 Å². The van der Waals surface area contributed by atoms with E-state index in [4.69, 9.17) is 4.98 Å². The zero-order valence-corrected chi connectivity index (χ0v) is 20.2. The molecule has 1 aliphatic heterocycles. The van der Waals surface area contributed by atoms with Gasteiger partial charge in [0.1, 0.15) is 0 Å². The van der Waals surface area contributed by atoms with Crippen molar-refractivity contribution in [1.29, 1.82) is 0 Å². The zero-order chi connectivity index (χ0) is 23.4. The first-order valence-corrected chi connectivity index (χ1v) is 12.0.